The van der Waals surface area contributed by atoms with Gasteiger partial charge in [-0.25, -0.2) is 9.37 Å². The first-order chi connectivity index (χ1) is 13.8. The number of carbonyl (C=O) groups is 1. The number of halogens is 1. The van der Waals surface area contributed by atoms with Gasteiger partial charge in [0.2, 0.25) is 5.91 Å². The molecule has 1 atom stereocenters. The Labute approximate surface area is 170 Å². The molecule has 1 amide bonds. The number of aryl methyl sites for hydroxylation is 1. The highest BCUT2D eigenvalue weighted by molar-refractivity contribution is 5.93. The van der Waals surface area contributed by atoms with E-state index >= 15 is 0 Å². The average molecular weight is 394 g/mol. The van der Waals surface area contributed by atoms with Gasteiger partial charge in [-0.2, -0.15) is 0 Å². The van der Waals surface area contributed by atoms with Crippen molar-refractivity contribution in [3.8, 4) is 11.4 Å². The van der Waals surface area contributed by atoms with Crippen molar-refractivity contribution in [2.75, 3.05) is 18.4 Å². The maximum atomic E-state index is 13.8. The van der Waals surface area contributed by atoms with Gasteiger partial charge in [-0.15, -0.1) is 0 Å². The topological polar surface area (TPSA) is 59.0 Å². The molecule has 1 aromatic heterocycles. The van der Waals surface area contributed by atoms with Crippen LogP contribution in [0.1, 0.15) is 32.4 Å². The van der Waals surface area contributed by atoms with Gasteiger partial charge in [-0.1, -0.05) is 6.92 Å². The Kier molecular flexibility index (Phi) is 5.13. The molecular weight excluding hydrogens is 367 g/mol. The molecule has 2 aromatic carbocycles. The quantitative estimate of drug-likeness (QED) is 0.669. The van der Waals surface area contributed by atoms with E-state index in [1.807, 2.05) is 32.0 Å². The summed E-state index contributed by atoms with van der Waals surface area (Å²) in [6.07, 6.45) is 0. The lowest BCUT2D eigenvalue weighted by atomic mass is 9.88. The lowest BCUT2D eigenvalue weighted by Gasteiger charge is -2.31. The average Bonchev–Trinajstić information content (AvgIpc) is 3.00. The maximum absolute atomic E-state index is 13.8. The smallest absolute Gasteiger partial charge is 0.227 e. The largest absolute Gasteiger partial charge is 0.326 e. The fourth-order valence-electron chi connectivity index (χ4n) is 3.86. The molecule has 3 aromatic rings. The molecule has 1 fully saturated rings. The zero-order valence-electron chi connectivity index (χ0n) is 17.3. The van der Waals surface area contributed by atoms with Gasteiger partial charge in [0.25, 0.3) is 0 Å². The highest BCUT2D eigenvalue weighted by Gasteiger charge is 2.29. The Hall–Kier alpha value is -2.73. The van der Waals surface area contributed by atoms with Crippen LogP contribution in [0.15, 0.2) is 36.4 Å². The summed E-state index contributed by atoms with van der Waals surface area (Å²) in [5, 5.41) is 6.28. The minimum atomic E-state index is -0.268. The van der Waals surface area contributed by atoms with Crippen LogP contribution in [0.3, 0.4) is 0 Å². The number of nitrogens with zero attached hydrogens (tertiary/aromatic N) is 2. The number of benzene rings is 2. The van der Waals surface area contributed by atoms with Crippen LogP contribution in [0.2, 0.25) is 0 Å². The second kappa shape index (κ2) is 7.59. The van der Waals surface area contributed by atoms with E-state index in [2.05, 4.69) is 29.0 Å². The van der Waals surface area contributed by atoms with Crippen molar-refractivity contribution in [2.45, 2.75) is 33.7 Å². The number of hydrogen-bond acceptors (Lipinski definition) is 3. The lowest BCUT2D eigenvalue weighted by molar-refractivity contribution is -0.121. The first kappa shape index (κ1) is 19.6. The Bertz CT molecular complexity index is 1070. The molecule has 4 rings (SSSR count). The minimum absolute atomic E-state index is 0.0182. The molecule has 1 saturated heterocycles. The zero-order chi connectivity index (χ0) is 20.7. The summed E-state index contributed by atoms with van der Waals surface area (Å²) < 4.78 is 15.8. The minimum Gasteiger partial charge on any atom is -0.326 e. The van der Waals surface area contributed by atoms with Crippen LogP contribution in [0.5, 0.6) is 0 Å². The second-order valence-electron chi connectivity index (χ2n) is 8.26. The van der Waals surface area contributed by atoms with Gasteiger partial charge in [-0.3, -0.25) is 4.79 Å². The van der Waals surface area contributed by atoms with E-state index in [0.29, 0.717) is 5.92 Å². The van der Waals surface area contributed by atoms with E-state index in [1.54, 1.807) is 6.07 Å². The Morgan fingerprint density at radius 3 is 2.59 bits per heavy atom. The fraction of sp³-hybridized carbons (Fsp3) is 0.391. The summed E-state index contributed by atoms with van der Waals surface area (Å²) in [5.74, 6) is 0.972. The second-order valence-corrected chi connectivity index (χ2v) is 8.26. The van der Waals surface area contributed by atoms with Crippen molar-refractivity contribution in [1.82, 2.24) is 14.9 Å². The summed E-state index contributed by atoms with van der Waals surface area (Å²) in [5.41, 5.74) is 4.29. The molecular formula is C23H27FN4O. The molecule has 6 heteroatoms. The number of imidazole rings is 1. The fourth-order valence-corrected chi connectivity index (χ4v) is 3.86. The summed E-state index contributed by atoms with van der Waals surface area (Å²) in [4.78, 5) is 17.3. The van der Waals surface area contributed by atoms with E-state index in [9.17, 15) is 9.18 Å². The van der Waals surface area contributed by atoms with Gasteiger partial charge < -0.3 is 15.2 Å². The molecule has 0 spiro atoms. The van der Waals surface area contributed by atoms with Gasteiger partial charge in [0.15, 0.2) is 0 Å². The van der Waals surface area contributed by atoms with Crippen LogP contribution in [-0.4, -0.2) is 28.5 Å². The molecule has 0 bridgehead atoms. The number of fused-ring (bicyclic) bond motifs is 1. The molecule has 5 nitrogen and oxygen atoms in total. The third kappa shape index (κ3) is 3.65. The standard InChI is InChI=1S/C23H27FN4O/c1-13(2)28-21-10-18(24)6-8-20(21)26-22(28)16-5-7-19(14(3)9-16)27-23(29)15(4)17-11-25-12-17/h5-10,13,15,17,25H,11-12H2,1-4H3,(H,27,29). The molecule has 0 aliphatic carbocycles. The molecule has 1 aliphatic heterocycles. The number of hydrogen-bond donors (Lipinski definition) is 2. The molecule has 1 aliphatic rings. The Balaban J connectivity index is 1.66. The van der Waals surface area contributed by atoms with E-state index in [-0.39, 0.29) is 23.7 Å². The number of aromatic nitrogens is 2. The SMILES string of the molecule is Cc1cc(-c2nc3ccc(F)cc3n2C(C)C)ccc1NC(=O)C(C)C1CNC1. The van der Waals surface area contributed by atoms with Gasteiger partial charge in [0, 0.05) is 23.2 Å². The van der Waals surface area contributed by atoms with E-state index in [4.69, 9.17) is 4.98 Å². The van der Waals surface area contributed by atoms with Gasteiger partial charge in [0.1, 0.15) is 11.6 Å². The van der Waals surface area contributed by atoms with Gasteiger partial charge >= 0.3 is 0 Å². The molecule has 0 radical (unpaired) electrons. The van der Waals surface area contributed by atoms with Crippen molar-refractivity contribution < 1.29 is 9.18 Å². The summed E-state index contributed by atoms with van der Waals surface area (Å²) in [6.45, 7) is 9.89. The number of nitrogens with one attached hydrogen (secondary N) is 2. The third-order valence-corrected chi connectivity index (χ3v) is 5.84. The summed E-state index contributed by atoms with van der Waals surface area (Å²) in [7, 11) is 0. The first-order valence-electron chi connectivity index (χ1n) is 10.1. The lowest BCUT2D eigenvalue weighted by Crippen LogP contribution is -2.48. The van der Waals surface area contributed by atoms with Crippen molar-refractivity contribution >= 4 is 22.6 Å². The van der Waals surface area contributed by atoms with Gasteiger partial charge in [-0.05, 0) is 81.7 Å². The van der Waals surface area contributed by atoms with E-state index in [0.717, 1.165) is 46.8 Å². The first-order valence-corrected chi connectivity index (χ1v) is 10.1. The molecule has 0 saturated carbocycles. The molecule has 1 unspecified atom stereocenters. The molecule has 152 valence electrons. The highest BCUT2D eigenvalue weighted by Crippen LogP contribution is 2.31. The Morgan fingerprint density at radius 1 is 1.21 bits per heavy atom. The van der Waals surface area contributed by atoms with Crippen LogP contribution in [0, 0.1) is 24.6 Å². The van der Waals surface area contributed by atoms with Crippen molar-refractivity contribution in [2.24, 2.45) is 11.8 Å². The van der Waals surface area contributed by atoms with Crippen LogP contribution in [0.25, 0.3) is 22.4 Å². The summed E-state index contributed by atoms with van der Waals surface area (Å²) >= 11 is 0. The van der Waals surface area contributed by atoms with Crippen molar-refractivity contribution in [1.29, 1.82) is 0 Å². The predicted octanol–water partition coefficient (Wildman–Crippen LogP) is 4.53. The van der Waals surface area contributed by atoms with E-state index < -0.39 is 0 Å². The van der Waals surface area contributed by atoms with Gasteiger partial charge in [0.05, 0.1) is 11.0 Å². The van der Waals surface area contributed by atoms with Crippen LogP contribution in [-0.2, 0) is 4.79 Å². The van der Waals surface area contributed by atoms with Crippen LogP contribution >= 0.6 is 0 Å². The highest BCUT2D eigenvalue weighted by atomic mass is 19.1. The molecule has 2 N–H and O–H groups in total. The normalized spacial score (nSPS) is 15.5. The van der Waals surface area contributed by atoms with Crippen LogP contribution in [0.4, 0.5) is 10.1 Å². The third-order valence-electron chi connectivity index (χ3n) is 5.84. The van der Waals surface area contributed by atoms with Crippen LogP contribution < -0.4 is 10.6 Å². The monoisotopic (exact) mass is 394 g/mol. The van der Waals surface area contributed by atoms with Crippen molar-refractivity contribution in [3.63, 3.8) is 0 Å². The number of anilines is 1. The zero-order valence-corrected chi connectivity index (χ0v) is 17.3. The maximum Gasteiger partial charge on any atom is 0.227 e. The number of rotatable bonds is 5. The van der Waals surface area contributed by atoms with Crippen molar-refractivity contribution in [3.05, 3.63) is 47.8 Å². The van der Waals surface area contributed by atoms with E-state index in [1.165, 1.54) is 12.1 Å². The molecule has 29 heavy (non-hydrogen) atoms. The number of amides is 1. The predicted molar refractivity (Wildman–Crippen MR) is 114 cm³/mol. The summed E-state index contributed by atoms with van der Waals surface area (Å²) in [6, 6.07) is 10.7. The molecule has 2 heterocycles. The Morgan fingerprint density at radius 2 is 1.97 bits per heavy atom. The number of carbonyl (C=O) groups excluding carboxylic acids is 1.